The third-order valence-corrected chi connectivity index (χ3v) is 7.80. The summed E-state index contributed by atoms with van der Waals surface area (Å²) in [6.07, 6.45) is 5.86. The number of imidazole rings is 1. The Morgan fingerprint density at radius 3 is 2.62 bits per heavy atom. The van der Waals surface area contributed by atoms with Gasteiger partial charge in [0.2, 0.25) is 10.0 Å². The Balaban J connectivity index is 1.20. The van der Waals surface area contributed by atoms with Crippen molar-refractivity contribution in [3.63, 3.8) is 0 Å². The molecule has 0 aliphatic heterocycles. The predicted octanol–water partition coefficient (Wildman–Crippen LogP) is 2.58. The van der Waals surface area contributed by atoms with Crippen LogP contribution < -0.4 is 15.4 Å². The molecule has 5 aromatic rings. The van der Waals surface area contributed by atoms with Gasteiger partial charge in [0, 0.05) is 43.0 Å². The van der Waals surface area contributed by atoms with E-state index in [1.807, 2.05) is 16.8 Å². The molecule has 5 N–H and O–H groups in total. The van der Waals surface area contributed by atoms with E-state index in [1.165, 1.54) is 12.1 Å². The fourth-order valence-electron chi connectivity index (χ4n) is 4.27. The number of carboxylic acid groups (broad SMARTS) is 1. The number of aromatic amines is 1. The Labute approximate surface area is 229 Å². The van der Waals surface area contributed by atoms with Gasteiger partial charge in [0.15, 0.2) is 5.95 Å². The van der Waals surface area contributed by atoms with E-state index < -0.39 is 34.5 Å². The maximum atomic E-state index is 12.9. The summed E-state index contributed by atoms with van der Waals surface area (Å²) in [6, 6.07) is 15.2. The van der Waals surface area contributed by atoms with Crippen molar-refractivity contribution < 1.29 is 23.1 Å². The van der Waals surface area contributed by atoms with Crippen molar-refractivity contribution in [2.24, 2.45) is 0 Å². The van der Waals surface area contributed by atoms with Gasteiger partial charge < -0.3 is 20.7 Å². The zero-order chi connectivity index (χ0) is 28.1. The zero-order valence-corrected chi connectivity index (χ0v) is 22.1. The van der Waals surface area contributed by atoms with E-state index in [9.17, 15) is 23.1 Å². The van der Waals surface area contributed by atoms with Crippen LogP contribution in [0.3, 0.4) is 0 Å². The van der Waals surface area contributed by atoms with Crippen molar-refractivity contribution in [1.29, 1.82) is 0 Å². The predicted molar refractivity (Wildman–Crippen MR) is 149 cm³/mol. The summed E-state index contributed by atoms with van der Waals surface area (Å²) >= 11 is 0. The number of carboxylic acids is 1. The van der Waals surface area contributed by atoms with E-state index in [1.54, 1.807) is 55.0 Å². The van der Waals surface area contributed by atoms with Gasteiger partial charge >= 0.3 is 5.97 Å². The minimum absolute atomic E-state index is 0.0667. The number of fused-ring (bicyclic) bond motifs is 2. The van der Waals surface area contributed by atoms with Crippen molar-refractivity contribution in [2.75, 3.05) is 18.4 Å². The molecule has 206 valence electrons. The molecule has 1 amide bonds. The number of sulfonamides is 1. The zero-order valence-electron chi connectivity index (χ0n) is 21.2. The second kappa shape index (κ2) is 11.6. The lowest BCUT2D eigenvalue weighted by Gasteiger charge is -2.16. The van der Waals surface area contributed by atoms with E-state index in [-0.39, 0.29) is 4.90 Å². The van der Waals surface area contributed by atoms with Crippen LogP contribution >= 0.6 is 0 Å². The number of aromatic nitrogens is 4. The number of rotatable bonds is 12. The molecule has 13 heteroatoms. The molecule has 12 nitrogen and oxygen atoms in total. The maximum absolute atomic E-state index is 12.9. The fraction of sp³-hybridized carbons (Fsp3) is 0.185. The highest BCUT2D eigenvalue weighted by Crippen LogP contribution is 2.19. The van der Waals surface area contributed by atoms with Gasteiger partial charge in [0.25, 0.3) is 5.91 Å². The van der Waals surface area contributed by atoms with Gasteiger partial charge in [-0.15, -0.1) is 0 Å². The average molecular weight is 562 g/mol. The highest BCUT2D eigenvalue weighted by Gasteiger charge is 2.26. The first kappa shape index (κ1) is 26.8. The third-order valence-electron chi connectivity index (χ3n) is 6.33. The molecule has 1 atom stereocenters. The van der Waals surface area contributed by atoms with Crippen LogP contribution in [0.15, 0.2) is 84.1 Å². The Morgan fingerprint density at radius 2 is 1.85 bits per heavy atom. The number of H-pyrrole nitrogens is 1. The summed E-state index contributed by atoms with van der Waals surface area (Å²) < 4.78 is 29.8. The molecule has 2 aromatic heterocycles. The monoisotopic (exact) mass is 561 g/mol. The van der Waals surface area contributed by atoms with Gasteiger partial charge in [-0.25, -0.2) is 13.4 Å². The van der Waals surface area contributed by atoms with Crippen molar-refractivity contribution in [3.8, 4) is 0 Å². The van der Waals surface area contributed by atoms with Crippen molar-refractivity contribution in [1.82, 2.24) is 29.8 Å². The number of benzene rings is 3. The number of nitrogens with one attached hydrogen (secondary N) is 4. The normalized spacial score (nSPS) is 12.4. The molecule has 0 radical (unpaired) electrons. The first-order valence-corrected chi connectivity index (χ1v) is 14.0. The fourth-order valence-corrected chi connectivity index (χ4v) is 5.49. The number of amides is 1. The summed E-state index contributed by atoms with van der Waals surface area (Å²) in [7, 11) is -4.16. The van der Waals surface area contributed by atoms with E-state index in [2.05, 4.69) is 30.4 Å². The van der Waals surface area contributed by atoms with E-state index in [0.717, 1.165) is 22.7 Å². The molecule has 3 aromatic carbocycles. The molecule has 0 bridgehead atoms. The summed E-state index contributed by atoms with van der Waals surface area (Å²) in [5.74, 6) is -1.25. The van der Waals surface area contributed by atoms with Crippen LogP contribution in [0.4, 0.5) is 5.95 Å². The number of anilines is 1. The molecule has 0 fully saturated rings. The first-order valence-electron chi connectivity index (χ1n) is 12.5. The van der Waals surface area contributed by atoms with Gasteiger partial charge in [0.05, 0.1) is 16.6 Å². The molecule has 0 spiro atoms. The second-order valence-corrected chi connectivity index (χ2v) is 10.8. The Kier molecular flexibility index (Phi) is 7.75. The molecule has 0 saturated heterocycles. The summed E-state index contributed by atoms with van der Waals surface area (Å²) in [5.41, 5.74) is 1.15. The van der Waals surface area contributed by atoms with E-state index >= 15 is 0 Å². The topological polar surface area (TPSA) is 171 Å². The van der Waals surface area contributed by atoms with Crippen LogP contribution in [-0.2, 0) is 21.4 Å². The summed E-state index contributed by atoms with van der Waals surface area (Å²) in [5, 5.41) is 22.0. The number of nitrogens with zero attached hydrogens (tertiary/aromatic N) is 3. The van der Waals surface area contributed by atoms with Gasteiger partial charge in [-0.2, -0.15) is 9.82 Å². The van der Waals surface area contributed by atoms with E-state index in [0.29, 0.717) is 30.0 Å². The molecular formula is C27H27N7O5S. The molecule has 5 rings (SSSR count). The number of aryl methyl sites for hydroxylation is 1. The highest BCUT2D eigenvalue weighted by molar-refractivity contribution is 7.89. The van der Waals surface area contributed by atoms with Gasteiger partial charge in [0.1, 0.15) is 6.04 Å². The van der Waals surface area contributed by atoms with Crippen LogP contribution in [-0.4, -0.2) is 64.3 Å². The number of carbonyl (C=O) groups is 2. The van der Waals surface area contributed by atoms with Crippen molar-refractivity contribution in [2.45, 2.75) is 23.9 Å². The van der Waals surface area contributed by atoms with Crippen LogP contribution in [0.2, 0.25) is 0 Å². The van der Waals surface area contributed by atoms with Crippen LogP contribution in [0.5, 0.6) is 0 Å². The highest BCUT2D eigenvalue weighted by atomic mass is 32.2. The van der Waals surface area contributed by atoms with Crippen LogP contribution in [0.1, 0.15) is 16.8 Å². The molecule has 2 heterocycles. The summed E-state index contributed by atoms with van der Waals surface area (Å²) in [6.45, 7) is 0.909. The second-order valence-electron chi connectivity index (χ2n) is 9.09. The first-order chi connectivity index (χ1) is 19.3. The SMILES string of the molecule is O=C(NC[C@H](NS(=O)(=O)c1ccc2ccccc2c1)C(=O)O)c1ccc2c(cnn2CCCNc2ncc[nH]2)c1. The average Bonchev–Trinajstić information content (AvgIpc) is 3.62. The molecule has 0 saturated carbocycles. The smallest absolute Gasteiger partial charge is 0.323 e. The van der Waals surface area contributed by atoms with Crippen LogP contribution in [0, 0.1) is 0 Å². The lowest BCUT2D eigenvalue weighted by molar-refractivity contribution is -0.138. The molecule has 0 aliphatic carbocycles. The molecule has 40 heavy (non-hydrogen) atoms. The maximum Gasteiger partial charge on any atom is 0.323 e. The Morgan fingerprint density at radius 1 is 1.02 bits per heavy atom. The van der Waals surface area contributed by atoms with E-state index in [4.69, 9.17) is 0 Å². The quantitative estimate of drug-likeness (QED) is 0.145. The lowest BCUT2D eigenvalue weighted by Crippen LogP contribution is -2.48. The Bertz CT molecular complexity index is 1770. The lowest BCUT2D eigenvalue weighted by atomic mass is 10.1. The van der Waals surface area contributed by atoms with Crippen molar-refractivity contribution in [3.05, 3.63) is 84.8 Å². The molecule has 0 unspecified atom stereocenters. The number of hydrogen-bond acceptors (Lipinski definition) is 7. The molecular weight excluding hydrogens is 534 g/mol. The third kappa shape index (κ3) is 6.11. The minimum atomic E-state index is -4.16. The van der Waals surface area contributed by atoms with Crippen molar-refractivity contribution >= 4 is 49.5 Å². The standard InChI is InChI=1S/C27H27N7O5S/c35-25(20-7-9-24-21(14-20)16-32-34(24)13-3-10-28-27-29-11-12-30-27)31-17-23(26(36)37)33-40(38,39)22-8-6-18-4-1-2-5-19(18)15-22/h1-2,4-9,11-12,14-16,23,33H,3,10,13,17H2,(H,31,35)(H,36,37)(H2,28,29,30)/t23-/m0/s1. The van der Waals surface area contributed by atoms with Gasteiger partial charge in [-0.1, -0.05) is 30.3 Å². The van der Waals surface area contributed by atoms with Crippen LogP contribution in [0.25, 0.3) is 21.7 Å². The minimum Gasteiger partial charge on any atom is -0.480 e. The largest absolute Gasteiger partial charge is 0.480 e. The number of hydrogen-bond donors (Lipinski definition) is 5. The molecule has 0 aliphatic rings. The summed E-state index contributed by atoms with van der Waals surface area (Å²) in [4.78, 5) is 31.6. The van der Waals surface area contributed by atoms with Gasteiger partial charge in [-0.3, -0.25) is 14.3 Å². The number of carbonyl (C=O) groups excluding carboxylic acids is 1. The Hall–Kier alpha value is -4.75. The number of aliphatic carboxylic acids is 1. The van der Waals surface area contributed by atoms with Gasteiger partial charge in [-0.05, 0) is 47.5 Å².